The van der Waals surface area contributed by atoms with Gasteiger partial charge >= 0.3 is 0 Å². The van der Waals surface area contributed by atoms with Gasteiger partial charge in [-0.15, -0.1) is 11.8 Å². The van der Waals surface area contributed by atoms with Gasteiger partial charge in [-0.2, -0.15) is 0 Å². The molecule has 0 heterocycles. The largest absolute Gasteiger partial charge is 0.377 e. The number of carbonyl (C=O) groups excluding carboxylic acids is 1. The molecule has 0 radical (unpaired) electrons. The molecule has 1 fully saturated rings. The Morgan fingerprint density at radius 1 is 1.03 bits per heavy atom. The van der Waals surface area contributed by atoms with Gasteiger partial charge in [0.1, 0.15) is 28.7 Å². The molecule has 2 N–H and O–H groups in total. The fourth-order valence-electron chi connectivity index (χ4n) is 4.31. The lowest BCUT2D eigenvalue weighted by Gasteiger charge is -2.29. The van der Waals surface area contributed by atoms with Gasteiger partial charge in [-0.1, -0.05) is 25.7 Å². The minimum atomic E-state index is -0.899. The van der Waals surface area contributed by atoms with Crippen LogP contribution in [-0.4, -0.2) is 56.0 Å². The lowest BCUT2D eigenvalue weighted by atomic mass is 9.93. The number of ether oxygens (including phenoxy) is 1. The molecule has 1 saturated carbocycles. The first-order valence-corrected chi connectivity index (χ1v) is 14.3. The molecule has 0 spiro atoms. The summed E-state index contributed by atoms with van der Waals surface area (Å²) in [7, 11) is 5.42. The molecule has 1 unspecified atom stereocenters. The lowest BCUT2D eigenvalue weighted by Crippen LogP contribution is -2.45. The van der Waals surface area contributed by atoms with Crippen LogP contribution in [0.25, 0.3) is 0 Å². The molecule has 10 heteroatoms. The number of nitrogens with one attached hydrogen (secondary N) is 2. The summed E-state index contributed by atoms with van der Waals surface area (Å²) >= 11 is 2.39. The smallest absolute Gasteiger partial charge is 0.262 e. The third-order valence-electron chi connectivity index (χ3n) is 6.53. The highest BCUT2D eigenvalue weighted by Crippen LogP contribution is 2.32. The highest BCUT2D eigenvalue weighted by molar-refractivity contribution is 7.99. The van der Waals surface area contributed by atoms with Crippen molar-refractivity contribution in [3.8, 4) is 0 Å². The molecule has 1 amide bonds. The summed E-state index contributed by atoms with van der Waals surface area (Å²) in [5, 5.41) is 3.03. The molecule has 2 aromatic carbocycles. The van der Waals surface area contributed by atoms with Crippen LogP contribution in [0.3, 0.4) is 0 Å². The van der Waals surface area contributed by atoms with E-state index in [1.165, 1.54) is 43.1 Å². The average molecular weight is 556 g/mol. The number of methoxy groups -OCH3 is 1. The van der Waals surface area contributed by atoms with Crippen molar-refractivity contribution in [2.75, 3.05) is 38.8 Å². The summed E-state index contributed by atoms with van der Waals surface area (Å²) in [6.07, 6.45) is 5.86. The zero-order chi connectivity index (χ0) is 26.8. The number of amides is 1. The number of halogens is 3. The number of carbonyl (C=O) groups is 1. The Labute approximate surface area is 226 Å². The predicted octanol–water partition coefficient (Wildman–Crippen LogP) is 6.49. The second-order valence-corrected chi connectivity index (χ2v) is 11.6. The Balaban J connectivity index is 1.66. The Morgan fingerprint density at radius 3 is 2.22 bits per heavy atom. The van der Waals surface area contributed by atoms with Crippen molar-refractivity contribution >= 4 is 35.3 Å². The van der Waals surface area contributed by atoms with Crippen molar-refractivity contribution in [2.45, 2.75) is 66.4 Å². The van der Waals surface area contributed by atoms with Gasteiger partial charge < -0.3 is 15.0 Å². The van der Waals surface area contributed by atoms with Gasteiger partial charge in [0.15, 0.2) is 0 Å². The molecule has 0 saturated heterocycles. The molecule has 1 aliphatic carbocycles. The number of hydrogen-bond donors (Lipinski definition) is 2. The molecule has 2 aromatic rings. The van der Waals surface area contributed by atoms with Crippen LogP contribution in [-0.2, 0) is 9.53 Å². The first-order valence-electron chi connectivity index (χ1n) is 12.5. The van der Waals surface area contributed by atoms with E-state index >= 15 is 8.78 Å². The molecular formula is C27H36F3N3O2S2. The van der Waals surface area contributed by atoms with Crippen LogP contribution in [0.5, 0.6) is 0 Å². The van der Waals surface area contributed by atoms with Gasteiger partial charge in [0.05, 0.1) is 0 Å². The Bertz CT molecular complexity index is 993. The maximum atomic E-state index is 15.0. The van der Waals surface area contributed by atoms with E-state index in [-0.39, 0.29) is 28.3 Å². The minimum absolute atomic E-state index is 0.198. The van der Waals surface area contributed by atoms with Crippen LogP contribution in [0.15, 0.2) is 46.2 Å². The van der Waals surface area contributed by atoms with E-state index in [2.05, 4.69) is 10.0 Å². The Kier molecular flexibility index (Phi) is 11.5. The highest BCUT2D eigenvalue weighted by Gasteiger charge is 2.38. The monoisotopic (exact) mass is 555 g/mol. The van der Waals surface area contributed by atoms with Gasteiger partial charge in [0.25, 0.3) is 5.91 Å². The average Bonchev–Trinajstić information content (AvgIpc) is 3.13. The molecule has 0 aromatic heterocycles. The van der Waals surface area contributed by atoms with Crippen molar-refractivity contribution in [3.05, 3.63) is 53.8 Å². The normalized spacial score (nSPS) is 16.3. The van der Waals surface area contributed by atoms with Gasteiger partial charge in [-0.05, 0) is 88.2 Å². The number of benzene rings is 2. The molecule has 5 nitrogen and oxygen atoms in total. The highest BCUT2D eigenvalue weighted by atomic mass is 32.2. The molecule has 3 rings (SSSR count). The fraction of sp³-hybridized carbons (Fsp3) is 0.519. The standard InChI is InChI=1S/C27H36F3N3O2S2/c1-33(2)15-12-20(18-36-21-10-8-19(28)9-11-21)31-25-23(29)16-22(17-24(25)30)37-32-26(34)27(35-3)13-6-4-5-7-14-27/h8-11,16-17,20,31H,4-7,12-15,18H2,1-3H3,(H,32,34). The molecule has 0 aliphatic heterocycles. The summed E-state index contributed by atoms with van der Waals surface area (Å²) in [6.45, 7) is 0.728. The molecule has 1 aliphatic rings. The van der Waals surface area contributed by atoms with E-state index in [0.717, 1.165) is 49.1 Å². The minimum Gasteiger partial charge on any atom is -0.377 e. The summed E-state index contributed by atoms with van der Waals surface area (Å²) in [4.78, 5) is 16.1. The van der Waals surface area contributed by atoms with Crippen molar-refractivity contribution < 1.29 is 22.7 Å². The first kappa shape index (κ1) is 29.7. The van der Waals surface area contributed by atoms with E-state index in [4.69, 9.17) is 4.74 Å². The number of nitrogens with zero attached hydrogens (tertiary/aromatic N) is 1. The van der Waals surface area contributed by atoms with E-state index in [1.807, 2.05) is 19.0 Å². The van der Waals surface area contributed by atoms with E-state index < -0.39 is 17.2 Å². The fourth-order valence-corrected chi connectivity index (χ4v) is 6.00. The number of thioether (sulfide) groups is 1. The predicted molar refractivity (Wildman–Crippen MR) is 146 cm³/mol. The van der Waals surface area contributed by atoms with Crippen LogP contribution in [0, 0.1) is 17.5 Å². The SMILES string of the molecule is COC1(C(=O)NSc2cc(F)c(NC(CCN(C)C)CSc3ccc(F)cc3)c(F)c2)CCCCCC1. The first-order chi connectivity index (χ1) is 17.7. The topological polar surface area (TPSA) is 53.6 Å². The number of anilines is 1. The van der Waals surface area contributed by atoms with Crippen LogP contribution in [0.1, 0.15) is 44.9 Å². The van der Waals surface area contributed by atoms with Crippen LogP contribution >= 0.6 is 23.7 Å². The van der Waals surface area contributed by atoms with Crippen LogP contribution in [0.4, 0.5) is 18.9 Å². The Hall–Kier alpha value is -1.88. The lowest BCUT2D eigenvalue weighted by molar-refractivity contribution is -0.143. The second-order valence-electron chi connectivity index (χ2n) is 9.61. The molecule has 1 atom stereocenters. The second kappa shape index (κ2) is 14.3. The summed E-state index contributed by atoms with van der Waals surface area (Å²) < 4.78 is 51.6. The van der Waals surface area contributed by atoms with Gasteiger partial charge in [0.2, 0.25) is 0 Å². The maximum Gasteiger partial charge on any atom is 0.262 e. The van der Waals surface area contributed by atoms with Gasteiger partial charge in [-0.3, -0.25) is 9.52 Å². The van der Waals surface area contributed by atoms with Gasteiger partial charge in [-0.25, -0.2) is 13.2 Å². The molecule has 37 heavy (non-hydrogen) atoms. The summed E-state index contributed by atoms with van der Waals surface area (Å²) in [5.74, 6) is -1.49. The van der Waals surface area contributed by atoms with Crippen molar-refractivity contribution in [2.24, 2.45) is 0 Å². The number of hydrogen-bond acceptors (Lipinski definition) is 6. The van der Waals surface area contributed by atoms with E-state index in [9.17, 15) is 9.18 Å². The van der Waals surface area contributed by atoms with Crippen molar-refractivity contribution in [1.82, 2.24) is 9.62 Å². The van der Waals surface area contributed by atoms with Gasteiger partial charge in [0, 0.05) is 28.7 Å². The zero-order valence-electron chi connectivity index (χ0n) is 21.6. The van der Waals surface area contributed by atoms with Crippen LogP contribution < -0.4 is 10.0 Å². The molecule has 0 bridgehead atoms. The Morgan fingerprint density at radius 2 is 1.65 bits per heavy atom. The van der Waals surface area contributed by atoms with Crippen molar-refractivity contribution in [1.29, 1.82) is 0 Å². The third-order valence-corrected chi connectivity index (χ3v) is 8.46. The van der Waals surface area contributed by atoms with E-state index in [1.54, 1.807) is 12.1 Å². The molecule has 204 valence electrons. The van der Waals surface area contributed by atoms with Crippen LogP contribution in [0.2, 0.25) is 0 Å². The van der Waals surface area contributed by atoms with Crippen molar-refractivity contribution in [3.63, 3.8) is 0 Å². The molecular weight excluding hydrogens is 519 g/mol. The van der Waals surface area contributed by atoms with E-state index in [0.29, 0.717) is 25.0 Å². The summed E-state index contributed by atoms with van der Waals surface area (Å²) in [5.41, 5.74) is -1.10. The summed E-state index contributed by atoms with van der Waals surface area (Å²) in [6, 6.07) is 8.38. The zero-order valence-corrected chi connectivity index (χ0v) is 23.3. The quantitative estimate of drug-likeness (QED) is 0.177. The number of rotatable bonds is 12. The maximum absolute atomic E-state index is 15.0. The third kappa shape index (κ3) is 8.84.